The zero-order valence-electron chi connectivity index (χ0n) is 14.0. The minimum atomic E-state index is -0.681. The van der Waals surface area contributed by atoms with E-state index < -0.39 is 12.1 Å². The SMILES string of the molecule is COC(=O)C(C)Oc1ccc(/C=C2/COc3ccccc3C2=O)cc1. The Bertz CT molecular complexity index is 820. The van der Waals surface area contributed by atoms with Crippen LogP contribution in [0.4, 0.5) is 0 Å². The lowest BCUT2D eigenvalue weighted by atomic mass is 9.98. The zero-order valence-corrected chi connectivity index (χ0v) is 14.0. The third-order valence-electron chi connectivity index (χ3n) is 3.87. The van der Waals surface area contributed by atoms with Gasteiger partial charge in [0.15, 0.2) is 11.9 Å². The first-order chi connectivity index (χ1) is 12.1. The molecule has 0 saturated heterocycles. The average molecular weight is 338 g/mol. The quantitative estimate of drug-likeness (QED) is 0.632. The molecule has 0 radical (unpaired) electrons. The van der Waals surface area contributed by atoms with Gasteiger partial charge in [0.25, 0.3) is 0 Å². The van der Waals surface area contributed by atoms with Crippen LogP contribution in [0.5, 0.6) is 11.5 Å². The number of benzene rings is 2. The summed E-state index contributed by atoms with van der Waals surface area (Å²) in [5.74, 6) is 0.707. The number of fused-ring (bicyclic) bond motifs is 1. The molecule has 1 aliphatic rings. The Morgan fingerprint density at radius 3 is 2.60 bits per heavy atom. The van der Waals surface area contributed by atoms with Crippen LogP contribution in [0.25, 0.3) is 6.08 Å². The number of Topliss-reactive ketones (excluding diaryl/α,β-unsaturated/α-hetero) is 1. The molecule has 1 unspecified atom stereocenters. The van der Waals surface area contributed by atoms with Gasteiger partial charge in [-0.2, -0.15) is 0 Å². The Morgan fingerprint density at radius 1 is 1.16 bits per heavy atom. The molecule has 1 atom stereocenters. The lowest BCUT2D eigenvalue weighted by Gasteiger charge is -2.18. The number of rotatable bonds is 4. The van der Waals surface area contributed by atoms with E-state index >= 15 is 0 Å². The first kappa shape index (κ1) is 16.8. The van der Waals surface area contributed by atoms with E-state index in [1.165, 1.54) is 7.11 Å². The van der Waals surface area contributed by atoms with Crippen LogP contribution >= 0.6 is 0 Å². The molecule has 0 N–H and O–H groups in total. The summed E-state index contributed by atoms with van der Waals surface area (Å²) in [6, 6.07) is 14.3. The Labute approximate surface area is 145 Å². The van der Waals surface area contributed by atoms with Gasteiger partial charge in [-0.1, -0.05) is 24.3 Å². The Hall–Kier alpha value is -3.08. The number of esters is 1. The van der Waals surface area contributed by atoms with Crippen molar-refractivity contribution in [2.75, 3.05) is 13.7 Å². The molecule has 2 aromatic carbocycles. The molecule has 0 bridgehead atoms. The minimum absolute atomic E-state index is 0.0264. The van der Waals surface area contributed by atoms with Crippen molar-refractivity contribution >= 4 is 17.8 Å². The molecule has 3 rings (SSSR count). The van der Waals surface area contributed by atoms with Crippen molar-refractivity contribution in [1.29, 1.82) is 0 Å². The molecule has 1 heterocycles. The Kier molecular flexibility index (Phi) is 4.84. The first-order valence-corrected chi connectivity index (χ1v) is 7.90. The fourth-order valence-electron chi connectivity index (χ4n) is 2.54. The molecule has 5 nitrogen and oxygen atoms in total. The van der Waals surface area contributed by atoms with Crippen molar-refractivity contribution in [2.45, 2.75) is 13.0 Å². The molecule has 5 heteroatoms. The van der Waals surface area contributed by atoms with Gasteiger partial charge in [0.1, 0.15) is 18.1 Å². The minimum Gasteiger partial charge on any atom is -0.488 e. The van der Waals surface area contributed by atoms with Crippen molar-refractivity contribution in [2.24, 2.45) is 0 Å². The van der Waals surface area contributed by atoms with Gasteiger partial charge in [-0.25, -0.2) is 4.79 Å². The first-order valence-electron chi connectivity index (χ1n) is 7.90. The maximum atomic E-state index is 12.5. The van der Waals surface area contributed by atoms with E-state index in [-0.39, 0.29) is 12.4 Å². The molecular weight excluding hydrogens is 320 g/mol. The van der Waals surface area contributed by atoms with Gasteiger partial charge < -0.3 is 14.2 Å². The van der Waals surface area contributed by atoms with Crippen LogP contribution in [0.15, 0.2) is 54.1 Å². The lowest BCUT2D eigenvalue weighted by Crippen LogP contribution is -2.24. The van der Waals surface area contributed by atoms with Gasteiger partial charge in [0, 0.05) is 5.57 Å². The lowest BCUT2D eigenvalue weighted by molar-refractivity contribution is -0.147. The average Bonchev–Trinajstić information content (AvgIpc) is 2.65. The summed E-state index contributed by atoms with van der Waals surface area (Å²) in [7, 11) is 1.32. The second kappa shape index (κ2) is 7.21. The maximum absolute atomic E-state index is 12.5. The number of hydrogen-bond acceptors (Lipinski definition) is 5. The number of carbonyl (C=O) groups is 2. The van der Waals surface area contributed by atoms with E-state index in [1.54, 1.807) is 37.3 Å². The fraction of sp³-hybridized carbons (Fsp3) is 0.200. The van der Waals surface area contributed by atoms with Gasteiger partial charge in [0.05, 0.1) is 12.7 Å². The number of ketones is 1. The number of para-hydroxylation sites is 1. The highest BCUT2D eigenvalue weighted by Crippen LogP contribution is 2.27. The van der Waals surface area contributed by atoms with E-state index in [1.807, 2.05) is 24.3 Å². The summed E-state index contributed by atoms with van der Waals surface area (Å²) >= 11 is 0. The standard InChI is InChI=1S/C20H18O5/c1-13(20(22)23-2)25-16-9-7-14(8-10-16)11-15-12-24-18-6-4-3-5-17(18)19(15)21/h3-11,13H,12H2,1-2H3/b15-11-. The third kappa shape index (κ3) is 3.71. The summed E-state index contributed by atoms with van der Waals surface area (Å²) in [4.78, 5) is 23.9. The summed E-state index contributed by atoms with van der Waals surface area (Å²) in [5, 5.41) is 0. The van der Waals surface area contributed by atoms with Crippen molar-refractivity contribution in [3.05, 3.63) is 65.2 Å². The molecule has 25 heavy (non-hydrogen) atoms. The Morgan fingerprint density at radius 2 is 1.88 bits per heavy atom. The molecule has 1 aliphatic heterocycles. The van der Waals surface area contributed by atoms with Crippen LogP contribution in [-0.4, -0.2) is 31.6 Å². The summed E-state index contributed by atoms with van der Waals surface area (Å²) in [5.41, 5.74) is 2.02. The molecular formula is C20H18O5. The highest BCUT2D eigenvalue weighted by atomic mass is 16.6. The van der Waals surface area contributed by atoms with Crippen molar-refractivity contribution in [3.8, 4) is 11.5 Å². The number of carbonyl (C=O) groups excluding carboxylic acids is 2. The van der Waals surface area contributed by atoms with Gasteiger partial charge in [-0.05, 0) is 42.8 Å². The third-order valence-corrected chi connectivity index (χ3v) is 3.87. The van der Waals surface area contributed by atoms with Gasteiger partial charge in [-0.3, -0.25) is 4.79 Å². The van der Waals surface area contributed by atoms with Crippen molar-refractivity contribution in [1.82, 2.24) is 0 Å². The van der Waals surface area contributed by atoms with E-state index in [9.17, 15) is 9.59 Å². The normalized spacial score (nSPS) is 15.9. The molecule has 0 saturated carbocycles. The number of ether oxygens (including phenoxy) is 3. The predicted molar refractivity (Wildman–Crippen MR) is 92.8 cm³/mol. The van der Waals surface area contributed by atoms with E-state index in [0.29, 0.717) is 22.6 Å². The molecule has 0 aromatic heterocycles. The van der Waals surface area contributed by atoms with Crippen LogP contribution < -0.4 is 9.47 Å². The smallest absolute Gasteiger partial charge is 0.346 e. The zero-order chi connectivity index (χ0) is 17.8. The van der Waals surface area contributed by atoms with E-state index in [2.05, 4.69) is 4.74 Å². The highest BCUT2D eigenvalue weighted by Gasteiger charge is 2.22. The van der Waals surface area contributed by atoms with Crippen LogP contribution in [0.2, 0.25) is 0 Å². The number of methoxy groups -OCH3 is 1. The van der Waals surface area contributed by atoms with Crippen molar-refractivity contribution in [3.63, 3.8) is 0 Å². The number of hydrogen-bond donors (Lipinski definition) is 0. The molecule has 0 aliphatic carbocycles. The van der Waals surface area contributed by atoms with Crippen LogP contribution in [0, 0.1) is 0 Å². The molecule has 0 spiro atoms. The Balaban J connectivity index is 1.74. The molecule has 0 amide bonds. The van der Waals surface area contributed by atoms with E-state index in [4.69, 9.17) is 9.47 Å². The monoisotopic (exact) mass is 338 g/mol. The van der Waals surface area contributed by atoms with Crippen LogP contribution in [-0.2, 0) is 9.53 Å². The van der Waals surface area contributed by atoms with E-state index in [0.717, 1.165) is 5.56 Å². The van der Waals surface area contributed by atoms with Gasteiger partial charge in [0.2, 0.25) is 0 Å². The van der Waals surface area contributed by atoms with Crippen molar-refractivity contribution < 1.29 is 23.8 Å². The summed E-state index contributed by atoms with van der Waals surface area (Å²) < 4.78 is 15.7. The second-order valence-electron chi connectivity index (χ2n) is 5.64. The topological polar surface area (TPSA) is 61.8 Å². The second-order valence-corrected chi connectivity index (χ2v) is 5.64. The predicted octanol–water partition coefficient (Wildman–Crippen LogP) is 3.29. The summed E-state index contributed by atoms with van der Waals surface area (Å²) in [6.07, 6.45) is 1.12. The van der Waals surface area contributed by atoms with Crippen LogP contribution in [0.3, 0.4) is 0 Å². The maximum Gasteiger partial charge on any atom is 0.346 e. The highest BCUT2D eigenvalue weighted by molar-refractivity contribution is 6.14. The largest absolute Gasteiger partial charge is 0.488 e. The molecule has 128 valence electrons. The summed E-state index contributed by atoms with van der Waals surface area (Å²) in [6.45, 7) is 1.87. The molecule has 0 fully saturated rings. The fourth-order valence-corrected chi connectivity index (χ4v) is 2.54. The van der Waals surface area contributed by atoms with Gasteiger partial charge in [-0.15, -0.1) is 0 Å². The van der Waals surface area contributed by atoms with Gasteiger partial charge >= 0.3 is 5.97 Å². The molecule has 2 aromatic rings. The van der Waals surface area contributed by atoms with Crippen LogP contribution in [0.1, 0.15) is 22.8 Å².